The number of rotatable bonds is 0. The monoisotopic (exact) mass is 189 g/mol. The Kier molecular flexibility index (Phi) is 311. The van der Waals surface area contributed by atoms with Crippen LogP contribution in [0.2, 0.25) is 0 Å². The second-order valence-electron chi connectivity index (χ2n) is 0. The molecule has 0 rings (SSSR count). The number of hydrogen-bond donors (Lipinski definition) is 1. The van der Waals surface area contributed by atoms with E-state index in [0.29, 0.717) is 0 Å². The Morgan fingerprint density at radius 3 is 1.00 bits per heavy atom. The Balaban J connectivity index is 0. The van der Waals surface area contributed by atoms with Crippen molar-refractivity contribution in [1.29, 1.82) is 0 Å². The first-order valence-corrected chi connectivity index (χ1v) is 0. The summed E-state index contributed by atoms with van der Waals surface area (Å²) in [7, 11) is 0. The van der Waals surface area contributed by atoms with Crippen molar-refractivity contribution in [2.75, 3.05) is 0 Å². The Labute approximate surface area is 56.5 Å². The minimum Gasteiger partial charge on any atom is -0.344 e. The molecule has 4 heavy (non-hydrogen) atoms. The topological polar surface area (TPSA) is 35.0 Å². The average Bonchev–Trinajstić information content (AvgIpc) is 0. The number of hydrogen-bond acceptors (Lipinski definition) is 1. The van der Waals surface area contributed by atoms with Crippen LogP contribution in [0.5, 0.6) is 0 Å². The van der Waals surface area contributed by atoms with Crippen molar-refractivity contribution in [2.45, 2.75) is 0 Å². The molecule has 0 spiro atoms. The van der Waals surface area contributed by atoms with Crippen LogP contribution in [0, 0.1) is 0 Å². The van der Waals surface area contributed by atoms with Crippen LogP contribution in [0.25, 0.3) is 0 Å². The van der Waals surface area contributed by atoms with E-state index in [1.807, 2.05) is 0 Å². The Hall–Kier alpha value is 1.48. The van der Waals surface area contributed by atoms with E-state index in [1.165, 1.54) is 0 Å². The van der Waals surface area contributed by atoms with Gasteiger partial charge in [0.25, 0.3) is 0 Å². The molecule has 2 radical (unpaired) electrons. The van der Waals surface area contributed by atoms with Crippen molar-refractivity contribution in [3.05, 3.63) is 0 Å². The summed E-state index contributed by atoms with van der Waals surface area (Å²) in [6.07, 6.45) is 0. The molecule has 0 bridgehead atoms. The van der Waals surface area contributed by atoms with Crippen LogP contribution in [-0.2, 0) is 50.3 Å². The van der Waals surface area contributed by atoms with Crippen molar-refractivity contribution in [2.24, 2.45) is 0 Å². The summed E-state index contributed by atoms with van der Waals surface area (Å²) in [5.74, 6) is 0. The molecule has 4 heteroatoms. The molecule has 0 heterocycles. The van der Waals surface area contributed by atoms with Crippen LogP contribution >= 0.6 is 0 Å². The fourth-order valence-corrected chi connectivity index (χ4v) is 0. The smallest absolute Gasteiger partial charge is 0 e. The molecule has 1 nitrogen and oxygen atoms in total. The van der Waals surface area contributed by atoms with E-state index in [9.17, 15) is 0 Å². The molecule has 0 aromatic rings. The van der Waals surface area contributed by atoms with Gasteiger partial charge in [-0.05, 0) is 0 Å². The fraction of sp³-hybridized carbons (Fsp3) is 0. The quantitative estimate of drug-likeness (QED) is 0.541. The van der Waals surface area contributed by atoms with Crippen molar-refractivity contribution in [1.82, 2.24) is 6.15 Å². The molecule has 0 saturated carbocycles. The van der Waals surface area contributed by atoms with Gasteiger partial charge in [-0.15, -0.1) is 0 Å². The fourth-order valence-electron chi connectivity index (χ4n) is 0. The summed E-state index contributed by atoms with van der Waals surface area (Å²) in [6.45, 7) is 0. The summed E-state index contributed by atoms with van der Waals surface area (Å²) in [5.41, 5.74) is 0. The van der Waals surface area contributed by atoms with Gasteiger partial charge in [-0.25, -0.2) is 0 Å². The van der Waals surface area contributed by atoms with Gasteiger partial charge in [0, 0.05) is 50.3 Å². The minimum atomic E-state index is 0. The first-order valence-electron chi connectivity index (χ1n) is 0. The Morgan fingerprint density at radius 1 is 1.00 bits per heavy atom. The largest absolute Gasteiger partial charge is 0.344 e. The summed E-state index contributed by atoms with van der Waals surface area (Å²) in [5, 5.41) is 0. The summed E-state index contributed by atoms with van der Waals surface area (Å²) in [4.78, 5) is 0. The van der Waals surface area contributed by atoms with E-state index in [1.54, 1.807) is 0 Å². The van der Waals surface area contributed by atoms with Gasteiger partial charge in [-0.3, -0.25) is 0 Å². The van der Waals surface area contributed by atoms with Crippen LogP contribution in [-0.4, -0.2) is 0 Å². The van der Waals surface area contributed by atoms with Crippen LogP contribution in [0.3, 0.4) is 0 Å². The molecule has 0 saturated heterocycles. The molecule has 34 valence electrons. The summed E-state index contributed by atoms with van der Waals surface area (Å²) in [6, 6.07) is 0. The van der Waals surface area contributed by atoms with E-state index in [0.717, 1.165) is 0 Å². The first kappa shape index (κ1) is 50.2. The van der Waals surface area contributed by atoms with Crippen molar-refractivity contribution >= 4 is 0 Å². The summed E-state index contributed by atoms with van der Waals surface area (Å²) < 4.78 is 0. The molecule has 0 atom stereocenters. The van der Waals surface area contributed by atoms with Gasteiger partial charge in [0.1, 0.15) is 0 Å². The normalized spacial score (nSPS) is 0. The molecule has 0 amide bonds. The first-order chi connectivity index (χ1) is 0. The second-order valence-corrected chi connectivity index (χ2v) is 0. The molecule has 0 aromatic heterocycles. The van der Waals surface area contributed by atoms with Crippen LogP contribution in [0.15, 0.2) is 0 Å². The van der Waals surface area contributed by atoms with Crippen molar-refractivity contribution in [3.63, 3.8) is 0 Å². The molecule has 0 aromatic carbocycles. The maximum Gasteiger partial charge on any atom is 0 e. The predicted octanol–water partition coefficient (Wildman–Crippen LogP) is 0.154. The van der Waals surface area contributed by atoms with Gasteiger partial charge in [0.15, 0.2) is 0 Å². The van der Waals surface area contributed by atoms with E-state index >= 15 is 0 Å². The van der Waals surface area contributed by atoms with Crippen molar-refractivity contribution < 1.29 is 50.3 Å². The zero-order valence-electron chi connectivity index (χ0n) is 1.73. The third-order valence-corrected chi connectivity index (χ3v) is 0. The van der Waals surface area contributed by atoms with Gasteiger partial charge < -0.3 is 6.15 Å². The SMILES string of the molecule is N.[Co].[Mn].[Ni]. The van der Waals surface area contributed by atoms with Gasteiger partial charge in [0.2, 0.25) is 0 Å². The minimum absolute atomic E-state index is 0. The van der Waals surface area contributed by atoms with Crippen LogP contribution in [0.4, 0.5) is 0 Å². The third-order valence-electron chi connectivity index (χ3n) is 0. The average molecular weight is 190 g/mol. The summed E-state index contributed by atoms with van der Waals surface area (Å²) >= 11 is 0. The molecule has 3 N–H and O–H groups in total. The zero-order chi connectivity index (χ0) is 0. The Bertz CT molecular complexity index is 8.00. The van der Waals surface area contributed by atoms with Gasteiger partial charge in [-0.2, -0.15) is 0 Å². The second kappa shape index (κ2) is 24.8. The predicted molar refractivity (Wildman–Crippen MR) is 5.02 cm³/mol. The standard InChI is InChI=1S/Co.Mn.H3N.Ni/h;;1H3;. The Morgan fingerprint density at radius 2 is 1.00 bits per heavy atom. The van der Waals surface area contributed by atoms with Gasteiger partial charge >= 0.3 is 0 Å². The van der Waals surface area contributed by atoms with Crippen molar-refractivity contribution in [3.8, 4) is 0 Å². The van der Waals surface area contributed by atoms with Gasteiger partial charge in [0.05, 0.1) is 0 Å². The third kappa shape index (κ3) is 9.77. The van der Waals surface area contributed by atoms with Gasteiger partial charge in [-0.1, -0.05) is 0 Å². The maximum absolute atomic E-state index is 0. The van der Waals surface area contributed by atoms with E-state index in [2.05, 4.69) is 0 Å². The molecule has 0 aliphatic heterocycles. The molecule has 0 aliphatic carbocycles. The zero-order valence-corrected chi connectivity index (χ0v) is 4.94. The van der Waals surface area contributed by atoms with E-state index < -0.39 is 0 Å². The molecular weight excluding hydrogens is 187 g/mol. The van der Waals surface area contributed by atoms with E-state index in [-0.39, 0.29) is 56.5 Å². The van der Waals surface area contributed by atoms with Crippen LogP contribution < -0.4 is 6.15 Å². The maximum atomic E-state index is 0. The molecule has 0 fully saturated rings. The molecular formula is H3CoMnNNi. The van der Waals surface area contributed by atoms with Crippen LogP contribution in [0.1, 0.15) is 0 Å². The van der Waals surface area contributed by atoms with E-state index in [4.69, 9.17) is 0 Å². The molecule has 0 aliphatic rings. The molecule has 0 unspecified atom stereocenters.